The summed E-state index contributed by atoms with van der Waals surface area (Å²) in [5.41, 5.74) is 0.157. The molecule has 0 amide bonds. The van der Waals surface area contributed by atoms with Crippen molar-refractivity contribution in [1.82, 2.24) is 10.2 Å². The first kappa shape index (κ1) is 12.4. The molecule has 1 N–H and O–H groups in total. The van der Waals surface area contributed by atoms with E-state index in [1.165, 1.54) is 19.4 Å². The third-order valence-electron chi connectivity index (χ3n) is 3.70. The molecule has 0 radical (unpaired) electrons. The lowest BCUT2D eigenvalue weighted by atomic mass is 9.97. The maximum atomic E-state index is 5.93. The van der Waals surface area contributed by atoms with Gasteiger partial charge in [0.25, 0.3) is 0 Å². The summed E-state index contributed by atoms with van der Waals surface area (Å²) < 4.78 is 5.93. The molecule has 1 aromatic carbocycles. The number of nitrogens with zero attached hydrogens (tertiary/aromatic N) is 1. The average molecular weight is 234 g/mol. The van der Waals surface area contributed by atoms with Crippen molar-refractivity contribution in [2.45, 2.75) is 18.4 Å². The molecule has 1 aromatic rings. The standard InChI is InChI=1S/C14H22N2O/c1-15-11-14(9-6-10-16(14)2)12-17-13-7-4-3-5-8-13/h3-5,7-8,15H,6,9-12H2,1-2H3. The van der Waals surface area contributed by atoms with Gasteiger partial charge < -0.3 is 10.1 Å². The molecule has 3 heteroatoms. The number of para-hydroxylation sites is 1. The first-order valence-corrected chi connectivity index (χ1v) is 6.30. The molecular formula is C14H22N2O. The van der Waals surface area contributed by atoms with Crippen molar-refractivity contribution in [1.29, 1.82) is 0 Å². The van der Waals surface area contributed by atoms with E-state index < -0.39 is 0 Å². The van der Waals surface area contributed by atoms with Gasteiger partial charge in [-0.1, -0.05) is 18.2 Å². The maximum Gasteiger partial charge on any atom is 0.119 e. The van der Waals surface area contributed by atoms with Gasteiger partial charge in [-0.2, -0.15) is 0 Å². The van der Waals surface area contributed by atoms with E-state index in [0.717, 1.165) is 18.9 Å². The SMILES string of the molecule is CNCC1(COc2ccccc2)CCCN1C. The van der Waals surface area contributed by atoms with Gasteiger partial charge in [0, 0.05) is 6.54 Å². The van der Waals surface area contributed by atoms with Crippen LogP contribution in [0.3, 0.4) is 0 Å². The predicted molar refractivity (Wildman–Crippen MR) is 70.5 cm³/mol. The Bertz CT molecular complexity index is 341. The third kappa shape index (κ3) is 2.79. The quantitative estimate of drug-likeness (QED) is 0.840. The monoisotopic (exact) mass is 234 g/mol. The van der Waals surface area contributed by atoms with E-state index in [-0.39, 0.29) is 5.54 Å². The van der Waals surface area contributed by atoms with E-state index in [9.17, 15) is 0 Å². The molecule has 94 valence electrons. The van der Waals surface area contributed by atoms with Gasteiger partial charge in [-0.05, 0) is 45.6 Å². The van der Waals surface area contributed by atoms with E-state index in [2.05, 4.69) is 17.3 Å². The summed E-state index contributed by atoms with van der Waals surface area (Å²) in [4.78, 5) is 2.42. The van der Waals surface area contributed by atoms with Gasteiger partial charge in [0.1, 0.15) is 12.4 Å². The lowest BCUT2D eigenvalue weighted by molar-refractivity contribution is 0.0976. The minimum absolute atomic E-state index is 0.157. The molecular weight excluding hydrogens is 212 g/mol. The van der Waals surface area contributed by atoms with Gasteiger partial charge in [-0.3, -0.25) is 4.90 Å². The molecule has 0 aromatic heterocycles. The van der Waals surface area contributed by atoms with Crippen LogP contribution >= 0.6 is 0 Å². The number of nitrogens with one attached hydrogen (secondary N) is 1. The molecule has 17 heavy (non-hydrogen) atoms. The Morgan fingerprint density at radius 1 is 1.35 bits per heavy atom. The summed E-state index contributed by atoms with van der Waals surface area (Å²) in [5, 5.41) is 3.30. The van der Waals surface area contributed by atoms with E-state index in [1.54, 1.807) is 0 Å². The van der Waals surface area contributed by atoms with Gasteiger partial charge in [0.15, 0.2) is 0 Å². The van der Waals surface area contributed by atoms with Gasteiger partial charge in [0.2, 0.25) is 0 Å². The van der Waals surface area contributed by atoms with Crippen LogP contribution < -0.4 is 10.1 Å². The summed E-state index contributed by atoms with van der Waals surface area (Å²) in [5.74, 6) is 0.961. The number of rotatable bonds is 5. The maximum absolute atomic E-state index is 5.93. The highest BCUT2D eigenvalue weighted by Crippen LogP contribution is 2.28. The Labute approximate surface area is 104 Å². The van der Waals surface area contributed by atoms with Crippen LogP contribution in [0, 0.1) is 0 Å². The van der Waals surface area contributed by atoms with E-state index in [1.807, 2.05) is 37.4 Å². The van der Waals surface area contributed by atoms with Crippen LogP contribution in [0.15, 0.2) is 30.3 Å². The zero-order valence-corrected chi connectivity index (χ0v) is 10.8. The number of ether oxygens (including phenoxy) is 1. The molecule has 1 atom stereocenters. The van der Waals surface area contributed by atoms with Gasteiger partial charge in [0.05, 0.1) is 5.54 Å². The second-order valence-corrected chi connectivity index (χ2v) is 4.88. The zero-order chi connectivity index (χ0) is 12.1. The summed E-state index contributed by atoms with van der Waals surface area (Å²) >= 11 is 0. The van der Waals surface area contributed by atoms with E-state index >= 15 is 0 Å². The van der Waals surface area contributed by atoms with Crippen LogP contribution in [0.4, 0.5) is 0 Å². The normalized spacial score (nSPS) is 25.1. The lowest BCUT2D eigenvalue weighted by Crippen LogP contribution is -2.52. The summed E-state index contributed by atoms with van der Waals surface area (Å²) in [6.07, 6.45) is 2.47. The molecule has 0 spiro atoms. The Hall–Kier alpha value is -1.06. The lowest BCUT2D eigenvalue weighted by Gasteiger charge is -2.35. The van der Waals surface area contributed by atoms with E-state index in [4.69, 9.17) is 4.74 Å². The predicted octanol–water partition coefficient (Wildman–Crippen LogP) is 1.75. The van der Waals surface area contributed by atoms with Crippen LogP contribution in [0.25, 0.3) is 0 Å². The molecule has 1 saturated heterocycles. The third-order valence-corrected chi connectivity index (χ3v) is 3.70. The van der Waals surface area contributed by atoms with Crippen molar-refractivity contribution in [3.05, 3.63) is 30.3 Å². The Morgan fingerprint density at radius 3 is 2.71 bits per heavy atom. The molecule has 1 unspecified atom stereocenters. The van der Waals surface area contributed by atoms with Crippen LogP contribution in [-0.2, 0) is 0 Å². The molecule has 1 aliphatic rings. The first-order valence-electron chi connectivity index (χ1n) is 6.30. The number of hydrogen-bond donors (Lipinski definition) is 1. The summed E-state index contributed by atoms with van der Waals surface area (Å²) in [6.45, 7) is 2.91. The summed E-state index contributed by atoms with van der Waals surface area (Å²) in [6, 6.07) is 10.1. The fraction of sp³-hybridized carbons (Fsp3) is 0.571. The Balaban J connectivity index is 1.99. The molecule has 1 fully saturated rings. The molecule has 1 aliphatic heterocycles. The van der Waals surface area contributed by atoms with Crippen LogP contribution in [0.2, 0.25) is 0 Å². The molecule has 0 saturated carbocycles. The molecule has 2 rings (SSSR count). The second kappa shape index (κ2) is 5.52. The zero-order valence-electron chi connectivity index (χ0n) is 10.8. The van der Waals surface area contributed by atoms with Gasteiger partial charge in [-0.25, -0.2) is 0 Å². The summed E-state index contributed by atoms with van der Waals surface area (Å²) in [7, 11) is 4.20. The van der Waals surface area contributed by atoms with Crippen molar-refractivity contribution < 1.29 is 4.74 Å². The molecule has 0 aliphatic carbocycles. The molecule has 3 nitrogen and oxygen atoms in total. The minimum Gasteiger partial charge on any atom is -0.492 e. The highest BCUT2D eigenvalue weighted by atomic mass is 16.5. The van der Waals surface area contributed by atoms with E-state index in [0.29, 0.717) is 0 Å². The highest BCUT2D eigenvalue weighted by molar-refractivity contribution is 5.21. The molecule has 0 bridgehead atoms. The number of likely N-dealkylation sites (N-methyl/N-ethyl adjacent to an activating group) is 2. The van der Waals surface area contributed by atoms with Gasteiger partial charge >= 0.3 is 0 Å². The smallest absolute Gasteiger partial charge is 0.119 e. The average Bonchev–Trinajstić information content (AvgIpc) is 2.71. The molecule has 1 heterocycles. The number of hydrogen-bond acceptors (Lipinski definition) is 3. The van der Waals surface area contributed by atoms with Gasteiger partial charge in [-0.15, -0.1) is 0 Å². The number of likely N-dealkylation sites (tertiary alicyclic amines) is 1. The second-order valence-electron chi connectivity index (χ2n) is 4.88. The minimum atomic E-state index is 0.157. The van der Waals surface area contributed by atoms with Crippen molar-refractivity contribution in [3.63, 3.8) is 0 Å². The topological polar surface area (TPSA) is 24.5 Å². The van der Waals surface area contributed by atoms with Crippen LogP contribution in [-0.4, -0.2) is 44.2 Å². The van der Waals surface area contributed by atoms with Crippen LogP contribution in [0.5, 0.6) is 5.75 Å². The largest absolute Gasteiger partial charge is 0.492 e. The Morgan fingerprint density at radius 2 is 2.12 bits per heavy atom. The fourth-order valence-electron chi connectivity index (χ4n) is 2.59. The Kier molecular flexibility index (Phi) is 4.02. The fourth-order valence-corrected chi connectivity index (χ4v) is 2.59. The van der Waals surface area contributed by atoms with Crippen molar-refractivity contribution in [3.8, 4) is 5.75 Å². The van der Waals surface area contributed by atoms with Crippen molar-refractivity contribution >= 4 is 0 Å². The number of benzene rings is 1. The van der Waals surface area contributed by atoms with Crippen LogP contribution in [0.1, 0.15) is 12.8 Å². The van der Waals surface area contributed by atoms with Crippen molar-refractivity contribution in [2.24, 2.45) is 0 Å². The van der Waals surface area contributed by atoms with Crippen molar-refractivity contribution in [2.75, 3.05) is 33.8 Å². The highest BCUT2D eigenvalue weighted by Gasteiger charge is 2.38. The first-order chi connectivity index (χ1) is 8.27.